The molecular formula is C12H21N3O6S2. The Morgan fingerprint density at radius 2 is 1.70 bits per heavy atom. The fraction of sp³-hybridized carbons (Fsp3) is 0.667. The molecule has 6 N–H and O–H groups in total. The zero-order valence-corrected chi connectivity index (χ0v) is 14.2. The van der Waals surface area contributed by atoms with Crippen molar-refractivity contribution in [2.45, 2.75) is 31.0 Å². The van der Waals surface area contributed by atoms with Gasteiger partial charge in [0.15, 0.2) is 0 Å². The summed E-state index contributed by atoms with van der Waals surface area (Å²) in [6, 6.07) is -3.59. The molecule has 0 spiro atoms. The van der Waals surface area contributed by atoms with Crippen molar-refractivity contribution < 1.29 is 29.4 Å². The lowest BCUT2D eigenvalue weighted by Crippen LogP contribution is -2.55. The topological polar surface area (TPSA) is 159 Å². The van der Waals surface area contributed by atoms with Crippen LogP contribution in [0.25, 0.3) is 0 Å². The lowest BCUT2D eigenvalue weighted by molar-refractivity contribution is -0.143. The molecule has 0 rings (SSSR count). The lowest BCUT2D eigenvalue weighted by atomic mass is 10.1. The van der Waals surface area contributed by atoms with E-state index in [0.717, 1.165) is 0 Å². The Balaban J connectivity index is 4.93. The van der Waals surface area contributed by atoms with Gasteiger partial charge in [-0.2, -0.15) is 24.4 Å². The maximum atomic E-state index is 12.1. The summed E-state index contributed by atoms with van der Waals surface area (Å²) in [7, 11) is 0. The summed E-state index contributed by atoms with van der Waals surface area (Å²) in [6.07, 6.45) is 1.27. The van der Waals surface area contributed by atoms with Crippen LogP contribution < -0.4 is 16.4 Å². The Morgan fingerprint density at radius 1 is 1.13 bits per heavy atom. The van der Waals surface area contributed by atoms with Crippen molar-refractivity contribution in [2.75, 3.05) is 17.8 Å². The molecule has 132 valence electrons. The largest absolute Gasteiger partial charge is 0.481 e. The Morgan fingerprint density at radius 3 is 2.13 bits per heavy atom. The zero-order chi connectivity index (χ0) is 18.0. The number of carboxylic acids is 2. The quantitative estimate of drug-likeness (QED) is 0.241. The van der Waals surface area contributed by atoms with Gasteiger partial charge in [0.1, 0.15) is 12.1 Å². The van der Waals surface area contributed by atoms with Crippen LogP contribution in [0.2, 0.25) is 0 Å². The van der Waals surface area contributed by atoms with Crippen molar-refractivity contribution in [3.05, 3.63) is 0 Å². The second kappa shape index (κ2) is 11.1. The maximum absolute atomic E-state index is 12.1. The minimum Gasteiger partial charge on any atom is -0.481 e. The first-order chi connectivity index (χ1) is 10.7. The van der Waals surface area contributed by atoms with Gasteiger partial charge in [0.05, 0.1) is 12.5 Å². The highest BCUT2D eigenvalue weighted by atomic mass is 32.2. The molecule has 0 saturated heterocycles. The number of carbonyl (C=O) groups excluding carboxylic acids is 2. The summed E-state index contributed by atoms with van der Waals surface area (Å²) in [4.78, 5) is 45.7. The average molecular weight is 367 g/mol. The van der Waals surface area contributed by atoms with E-state index in [9.17, 15) is 19.2 Å². The third kappa shape index (κ3) is 8.67. The van der Waals surface area contributed by atoms with Gasteiger partial charge in [-0.05, 0) is 18.4 Å². The number of amides is 2. The Bertz CT molecular complexity index is 449. The minimum atomic E-state index is -1.41. The summed E-state index contributed by atoms with van der Waals surface area (Å²) in [5.41, 5.74) is 5.45. The number of aliphatic carboxylic acids is 2. The third-order valence-electron chi connectivity index (χ3n) is 2.77. The molecule has 3 atom stereocenters. The summed E-state index contributed by atoms with van der Waals surface area (Å²) in [6.45, 7) is 0. The molecule has 23 heavy (non-hydrogen) atoms. The second-order valence-corrected chi connectivity index (χ2v) is 5.98. The summed E-state index contributed by atoms with van der Waals surface area (Å²) >= 11 is 5.24. The molecule has 0 aromatic rings. The van der Waals surface area contributed by atoms with E-state index in [4.69, 9.17) is 15.9 Å². The molecule has 0 aromatic heterocycles. The van der Waals surface area contributed by atoms with Gasteiger partial charge >= 0.3 is 11.9 Å². The fourth-order valence-electron chi connectivity index (χ4n) is 1.51. The molecule has 0 aliphatic heterocycles. The number of rotatable bonds is 11. The van der Waals surface area contributed by atoms with E-state index >= 15 is 0 Å². The number of thioether (sulfide) groups is 1. The lowest BCUT2D eigenvalue weighted by Gasteiger charge is -2.21. The predicted molar refractivity (Wildman–Crippen MR) is 88.6 cm³/mol. The van der Waals surface area contributed by atoms with Gasteiger partial charge in [0, 0.05) is 5.75 Å². The van der Waals surface area contributed by atoms with Crippen molar-refractivity contribution in [2.24, 2.45) is 5.73 Å². The first-order valence-corrected chi connectivity index (χ1v) is 8.66. The summed E-state index contributed by atoms with van der Waals surface area (Å²) in [5, 5.41) is 22.3. The van der Waals surface area contributed by atoms with Crippen LogP contribution in [0.5, 0.6) is 0 Å². The van der Waals surface area contributed by atoms with Crippen LogP contribution in [0.3, 0.4) is 0 Å². The molecule has 0 unspecified atom stereocenters. The number of nitrogens with two attached hydrogens (primary N) is 1. The van der Waals surface area contributed by atoms with E-state index in [2.05, 4.69) is 23.3 Å². The number of carbonyl (C=O) groups is 4. The molecule has 11 heteroatoms. The number of nitrogens with one attached hydrogen (secondary N) is 2. The molecule has 0 aliphatic carbocycles. The Labute approximate surface area is 143 Å². The predicted octanol–water partition coefficient (Wildman–Crippen LogP) is -1.47. The standard InChI is InChI=1S/C12H21N3O6S2/c1-23-3-2-7(12(20)21)14-11(19)8(4-9(16)17)15-10(18)6(13)5-22/h6-8,22H,2-5,13H2,1H3,(H,14,19)(H,15,18)(H,16,17)(H,20,21)/t6-,7-,8-/m0/s1. The van der Waals surface area contributed by atoms with E-state index in [-0.39, 0.29) is 12.2 Å². The van der Waals surface area contributed by atoms with Gasteiger partial charge in [-0.15, -0.1) is 0 Å². The summed E-state index contributed by atoms with van der Waals surface area (Å²) in [5.74, 6) is -3.67. The van der Waals surface area contributed by atoms with Gasteiger partial charge in [-0.25, -0.2) is 4.79 Å². The number of thiol groups is 1. The molecule has 0 bridgehead atoms. The average Bonchev–Trinajstić information content (AvgIpc) is 2.48. The molecule has 0 fully saturated rings. The van der Waals surface area contributed by atoms with Crippen LogP contribution in [-0.4, -0.2) is 69.9 Å². The number of hydrogen-bond donors (Lipinski definition) is 6. The van der Waals surface area contributed by atoms with Crippen LogP contribution in [0.4, 0.5) is 0 Å². The molecule has 0 aliphatic rings. The molecule has 2 amide bonds. The number of hydrogen-bond acceptors (Lipinski definition) is 7. The van der Waals surface area contributed by atoms with Gasteiger partial charge in [-0.1, -0.05) is 0 Å². The van der Waals surface area contributed by atoms with Gasteiger partial charge in [0.2, 0.25) is 11.8 Å². The normalized spacial score (nSPS) is 14.4. The van der Waals surface area contributed by atoms with E-state index in [1.165, 1.54) is 11.8 Å². The highest BCUT2D eigenvalue weighted by molar-refractivity contribution is 7.98. The monoisotopic (exact) mass is 367 g/mol. The minimum absolute atomic E-state index is 0.0126. The van der Waals surface area contributed by atoms with Crippen LogP contribution in [0, 0.1) is 0 Å². The van der Waals surface area contributed by atoms with E-state index in [0.29, 0.717) is 5.75 Å². The van der Waals surface area contributed by atoms with Crippen molar-refractivity contribution >= 4 is 48.1 Å². The van der Waals surface area contributed by atoms with Crippen LogP contribution in [-0.2, 0) is 19.2 Å². The first-order valence-electron chi connectivity index (χ1n) is 6.63. The van der Waals surface area contributed by atoms with Crippen molar-refractivity contribution in [3.63, 3.8) is 0 Å². The van der Waals surface area contributed by atoms with Crippen molar-refractivity contribution in [3.8, 4) is 0 Å². The summed E-state index contributed by atoms with van der Waals surface area (Å²) < 4.78 is 0. The maximum Gasteiger partial charge on any atom is 0.326 e. The van der Waals surface area contributed by atoms with Gasteiger partial charge in [-0.3, -0.25) is 14.4 Å². The van der Waals surface area contributed by atoms with E-state index in [1.807, 2.05) is 0 Å². The van der Waals surface area contributed by atoms with Gasteiger partial charge < -0.3 is 26.6 Å². The highest BCUT2D eigenvalue weighted by Gasteiger charge is 2.29. The van der Waals surface area contributed by atoms with Crippen LogP contribution >= 0.6 is 24.4 Å². The number of carboxylic acid groups (broad SMARTS) is 2. The fourth-order valence-corrected chi connectivity index (χ4v) is 2.15. The third-order valence-corrected chi connectivity index (χ3v) is 3.81. The molecule has 0 radical (unpaired) electrons. The highest BCUT2D eigenvalue weighted by Crippen LogP contribution is 2.03. The second-order valence-electron chi connectivity index (χ2n) is 4.63. The molecule has 0 heterocycles. The Kier molecular flexibility index (Phi) is 10.4. The van der Waals surface area contributed by atoms with E-state index < -0.39 is 48.3 Å². The van der Waals surface area contributed by atoms with Crippen molar-refractivity contribution in [1.29, 1.82) is 0 Å². The molecular weight excluding hydrogens is 346 g/mol. The molecule has 0 aromatic carbocycles. The van der Waals surface area contributed by atoms with Gasteiger partial charge in [0.25, 0.3) is 0 Å². The SMILES string of the molecule is CSCC[C@H](NC(=O)[C@H](CC(=O)O)NC(=O)[C@@H](N)CS)C(=O)O. The smallest absolute Gasteiger partial charge is 0.326 e. The zero-order valence-electron chi connectivity index (χ0n) is 12.5. The van der Waals surface area contributed by atoms with Crippen LogP contribution in [0.1, 0.15) is 12.8 Å². The van der Waals surface area contributed by atoms with E-state index in [1.54, 1.807) is 6.26 Å². The molecule has 9 nitrogen and oxygen atoms in total. The Hall–Kier alpha value is -1.46. The van der Waals surface area contributed by atoms with Crippen molar-refractivity contribution in [1.82, 2.24) is 10.6 Å². The first kappa shape index (κ1) is 21.5. The molecule has 0 saturated carbocycles. The van der Waals surface area contributed by atoms with Crippen LogP contribution in [0.15, 0.2) is 0 Å².